The number of aromatic nitrogens is 3. The van der Waals surface area contributed by atoms with Gasteiger partial charge in [-0.05, 0) is 18.2 Å². The van der Waals surface area contributed by atoms with E-state index in [9.17, 15) is 0 Å². The lowest BCUT2D eigenvalue weighted by atomic mass is 10.4. The van der Waals surface area contributed by atoms with Crippen molar-refractivity contribution in [1.29, 1.82) is 0 Å². The van der Waals surface area contributed by atoms with Crippen LogP contribution in [0, 0.1) is 0 Å². The number of imidazole rings is 1. The summed E-state index contributed by atoms with van der Waals surface area (Å²) in [6.07, 6.45) is 1.75. The molecule has 0 aliphatic heterocycles. The largest absolute Gasteiger partial charge is 0.325 e. The lowest BCUT2D eigenvalue weighted by Gasteiger charge is -1.97. The van der Waals surface area contributed by atoms with Crippen molar-refractivity contribution < 1.29 is 0 Å². The molecule has 0 spiro atoms. The van der Waals surface area contributed by atoms with Crippen LogP contribution >= 0.6 is 22.9 Å². The van der Waals surface area contributed by atoms with Crippen LogP contribution < -0.4 is 0 Å². The molecule has 0 fully saturated rings. The van der Waals surface area contributed by atoms with Gasteiger partial charge in [0, 0.05) is 18.6 Å². The molecule has 3 rings (SSSR count). The van der Waals surface area contributed by atoms with Gasteiger partial charge in [-0.2, -0.15) is 0 Å². The molecule has 5 heteroatoms. The summed E-state index contributed by atoms with van der Waals surface area (Å²) in [6.45, 7) is 0. The number of hydrogen-bond acceptors (Lipinski definition) is 3. The zero-order valence-electron chi connectivity index (χ0n) is 8.51. The van der Waals surface area contributed by atoms with Crippen LogP contribution in [0.2, 0.25) is 5.02 Å². The zero-order valence-corrected chi connectivity index (χ0v) is 10.1. The summed E-state index contributed by atoms with van der Waals surface area (Å²) >= 11 is 7.51. The number of halogens is 1. The Bertz CT molecular complexity index is 656. The lowest BCUT2D eigenvalue weighted by molar-refractivity contribution is 0.963. The highest BCUT2D eigenvalue weighted by Crippen LogP contribution is 2.30. The summed E-state index contributed by atoms with van der Waals surface area (Å²) in [7, 11) is 1.99. The second kappa shape index (κ2) is 3.57. The van der Waals surface area contributed by atoms with Crippen molar-refractivity contribution in [2.75, 3.05) is 0 Å². The number of thiophene rings is 1. The van der Waals surface area contributed by atoms with Crippen LogP contribution in [-0.2, 0) is 7.05 Å². The van der Waals surface area contributed by atoms with Gasteiger partial charge in [0.15, 0.2) is 11.5 Å². The molecule has 3 aromatic heterocycles. The number of aryl methyl sites for hydroxylation is 1. The number of rotatable bonds is 1. The molecule has 0 saturated heterocycles. The highest BCUT2D eigenvalue weighted by atomic mass is 35.5. The molecule has 3 heterocycles. The molecule has 0 saturated carbocycles. The molecule has 3 nitrogen and oxygen atoms in total. The second-order valence-electron chi connectivity index (χ2n) is 3.47. The van der Waals surface area contributed by atoms with Gasteiger partial charge in [-0.1, -0.05) is 11.6 Å². The molecule has 0 aromatic carbocycles. The zero-order chi connectivity index (χ0) is 11.1. The Kier molecular flexibility index (Phi) is 2.19. The molecule has 0 atom stereocenters. The quantitative estimate of drug-likeness (QED) is 0.662. The van der Waals surface area contributed by atoms with Gasteiger partial charge in [0.05, 0.1) is 15.4 Å². The van der Waals surface area contributed by atoms with Crippen molar-refractivity contribution >= 4 is 34.1 Å². The van der Waals surface area contributed by atoms with Crippen LogP contribution in [0.25, 0.3) is 21.9 Å². The van der Waals surface area contributed by atoms with Gasteiger partial charge >= 0.3 is 0 Å². The van der Waals surface area contributed by atoms with E-state index in [1.165, 1.54) is 0 Å². The minimum Gasteiger partial charge on any atom is -0.325 e. The van der Waals surface area contributed by atoms with Gasteiger partial charge in [0.1, 0.15) is 0 Å². The number of pyridine rings is 1. The van der Waals surface area contributed by atoms with Crippen molar-refractivity contribution in [3.8, 4) is 10.7 Å². The summed E-state index contributed by atoms with van der Waals surface area (Å²) in [5.41, 5.74) is 1.80. The first-order valence-electron chi connectivity index (χ1n) is 4.77. The molecule has 0 bridgehead atoms. The van der Waals surface area contributed by atoms with E-state index in [2.05, 4.69) is 9.97 Å². The van der Waals surface area contributed by atoms with E-state index in [0.29, 0.717) is 0 Å². The van der Waals surface area contributed by atoms with Crippen LogP contribution in [0.15, 0.2) is 29.8 Å². The Labute approximate surface area is 101 Å². The van der Waals surface area contributed by atoms with Crippen LogP contribution in [0.4, 0.5) is 0 Å². The van der Waals surface area contributed by atoms with E-state index < -0.39 is 0 Å². The first kappa shape index (κ1) is 9.81. The fraction of sp³-hybridized carbons (Fsp3) is 0.0909. The Balaban J connectivity index is 2.28. The lowest BCUT2D eigenvalue weighted by Crippen LogP contribution is -1.90. The van der Waals surface area contributed by atoms with Gasteiger partial charge in [0.2, 0.25) is 0 Å². The second-order valence-corrected chi connectivity index (χ2v) is 4.82. The van der Waals surface area contributed by atoms with Crippen LogP contribution in [0.5, 0.6) is 0 Å². The normalized spacial score (nSPS) is 11.1. The maximum absolute atomic E-state index is 5.92. The van der Waals surface area contributed by atoms with Crippen molar-refractivity contribution in [2.24, 2.45) is 7.05 Å². The smallest absolute Gasteiger partial charge is 0.178 e. The number of nitrogens with zero attached hydrogens (tertiary/aromatic N) is 3. The Morgan fingerprint density at radius 1 is 1.44 bits per heavy atom. The summed E-state index contributed by atoms with van der Waals surface area (Å²) in [5, 5.41) is 2.66. The molecule has 16 heavy (non-hydrogen) atoms. The number of hydrogen-bond donors (Lipinski definition) is 0. The number of fused-ring (bicyclic) bond motifs is 1. The molecule has 80 valence electrons. The maximum atomic E-state index is 5.92. The average molecular weight is 250 g/mol. The van der Waals surface area contributed by atoms with Crippen LogP contribution in [0.1, 0.15) is 0 Å². The van der Waals surface area contributed by atoms with Crippen molar-refractivity contribution in [1.82, 2.24) is 14.5 Å². The van der Waals surface area contributed by atoms with E-state index in [1.807, 2.05) is 35.2 Å². The molecular formula is C11H8ClN3S. The fourth-order valence-corrected chi connectivity index (χ4v) is 2.77. The molecule has 0 radical (unpaired) electrons. The predicted molar refractivity (Wildman–Crippen MR) is 66.8 cm³/mol. The molecule has 0 aliphatic rings. The third kappa shape index (κ3) is 1.42. The maximum Gasteiger partial charge on any atom is 0.178 e. The monoisotopic (exact) mass is 249 g/mol. The van der Waals surface area contributed by atoms with Crippen molar-refractivity contribution in [3.05, 3.63) is 34.8 Å². The summed E-state index contributed by atoms with van der Waals surface area (Å²) in [5.74, 6) is 0.908. The van der Waals surface area contributed by atoms with E-state index in [1.54, 1.807) is 17.5 Å². The van der Waals surface area contributed by atoms with Gasteiger partial charge < -0.3 is 4.57 Å². The first-order valence-corrected chi connectivity index (χ1v) is 6.03. The van der Waals surface area contributed by atoms with Crippen molar-refractivity contribution in [3.63, 3.8) is 0 Å². The fourth-order valence-electron chi connectivity index (χ4n) is 1.68. The summed E-state index contributed by atoms with van der Waals surface area (Å²) in [4.78, 5) is 9.79. The van der Waals surface area contributed by atoms with E-state index in [0.717, 1.165) is 26.9 Å². The average Bonchev–Trinajstić information content (AvgIpc) is 2.84. The topological polar surface area (TPSA) is 30.7 Å². The molecule has 0 aliphatic carbocycles. The third-order valence-electron chi connectivity index (χ3n) is 2.44. The van der Waals surface area contributed by atoms with Crippen LogP contribution in [0.3, 0.4) is 0 Å². The Morgan fingerprint density at radius 3 is 3.00 bits per heavy atom. The third-order valence-corrected chi connectivity index (χ3v) is 3.72. The first-order chi connectivity index (χ1) is 7.75. The Hall–Kier alpha value is -1.39. The molecule has 0 amide bonds. The highest BCUT2D eigenvalue weighted by Gasteiger charge is 2.11. The standard InChI is InChI=1S/C11H8ClN3S/c1-15-8-3-2-4-13-10(8)14-11(15)9-5-7(12)6-16-9/h2-6H,1H3. The molecular weight excluding hydrogens is 242 g/mol. The minimum absolute atomic E-state index is 0.750. The Morgan fingerprint density at radius 2 is 2.31 bits per heavy atom. The summed E-state index contributed by atoms with van der Waals surface area (Å²) in [6, 6.07) is 5.84. The molecule has 0 unspecified atom stereocenters. The predicted octanol–water partition coefficient (Wildman–Crippen LogP) is 3.35. The molecule has 3 aromatic rings. The van der Waals surface area contributed by atoms with Gasteiger partial charge in [-0.25, -0.2) is 9.97 Å². The summed E-state index contributed by atoms with van der Waals surface area (Å²) < 4.78 is 2.03. The SMILES string of the molecule is Cn1c(-c2cc(Cl)cs2)nc2ncccc21. The molecule has 0 N–H and O–H groups in total. The van der Waals surface area contributed by atoms with Crippen molar-refractivity contribution in [2.45, 2.75) is 0 Å². The van der Waals surface area contributed by atoms with Gasteiger partial charge in [-0.15, -0.1) is 11.3 Å². The van der Waals surface area contributed by atoms with E-state index in [4.69, 9.17) is 11.6 Å². The van der Waals surface area contributed by atoms with Crippen LogP contribution in [-0.4, -0.2) is 14.5 Å². The minimum atomic E-state index is 0.750. The van der Waals surface area contributed by atoms with Gasteiger partial charge in [-0.3, -0.25) is 0 Å². The van der Waals surface area contributed by atoms with E-state index >= 15 is 0 Å². The van der Waals surface area contributed by atoms with E-state index in [-0.39, 0.29) is 0 Å². The highest BCUT2D eigenvalue weighted by molar-refractivity contribution is 7.14. The van der Waals surface area contributed by atoms with Gasteiger partial charge in [0.25, 0.3) is 0 Å².